The van der Waals surface area contributed by atoms with Crippen molar-refractivity contribution in [1.82, 2.24) is 39.1 Å². The van der Waals surface area contributed by atoms with Crippen molar-refractivity contribution >= 4 is 28.7 Å². The minimum Gasteiger partial charge on any atom is -0.477 e. The van der Waals surface area contributed by atoms with Gasteiger partial charge in [0.15, 0.2) is 17.0 Å². The molecule has 0 aliphatic carbocycles. The van der Waals surface area contributed by atoms with E-state index in [1.54, 1.807) is 28.8 Å². The molecular formula is C23H19ClN8O6. The third-order valence-corrected chi connectivity index (χ3v) is 5.94. The lowest BCUT2D eigenvalue weighted by atomic mass is 10.2. The summed E-state index contributed by atoms with van der Waals surface area (Å²) >= 11 is 5.96. The summed E-state index contributed by atoms with van der Waals surface area (Å²) in [6, 6.07) is 10.8. The molecule has 194 valence electrons. The fourth-order valence-electron chi connectivity index (χ4n) is 3.91. The zero-order chi connectivity index (χ0) is 27.0. The lowest BCUT2D eigenvalue weighted by Gasteiger charge is -2.08. The summed E-state index contributed by atoms with van der Waals surface area (Å²) in [5.41, 5.74) is -0.855. The zero-order valence-electron chi connectivity index (χ0n) is 19.7. The van der Waals surface area contributed by atoms with E-state index in [2.05, 4.69) is 25.3 Å². The summed E-state index contributed by atoms with van der Waals surface area (Å²) in [6.07, 6.45) is 0. The second-order valence-corrected chi connectivity index (χ2v) is 8.52. The molecule has 4 aromatic heterocycles. The Morgan fingerprint density at radius 2 is 1.84 bits per heavy atom. The first-order valence-corrected chi connectivity index (χ1v) is 11.6. The fourth-order valence-corrected chi connectivity index (χ4v) is 4.04. The number of carbonyl (C=O) groups is 1. The van der Waals surface area contributed by atoms with Gasteiger partial charge in [-0.25, -0.2) is 14.6 Å². The van der Waals surface area contributed by atoms with Crippen LogP contribution in [0.1, 0.15) is 28.8 Å². The van der Waals surface area contributed by atoms with Crippen LogP contribution in [0.4, 0.5) is 0 Å². The molecule has 0 saturated carbocycles. The second kappa shape index (κ2) is 9.82. The van der Waals surface area contributed by atoms with Crippen molar-refractivity contribution in [3.05, 3.63) is 95.8 Å². The number of rotatable bonds is 8. The van der Waals surface area contributed by atoms with Crippen LogP contribution in [0.15, 0.2) is 56.8 Å². The smallest absolute Gasteiger partial charge is 0.353 e. The standard InChI is InChI=1S/C23H19ClN8O6/c1-2-30-16(11-38-17-8-7-15(27-28-17)32-18(33)9-14(29-32)22(35)36)25-20-19(30)21(34)26-23(37)31(20)10-12-3-5-13(24)6-4-12/h3-9,29H,2,10-11H2,1H3,(H,35,36)(H,26,34,37). The van der Waals surface area contributed by atoms with Gasteiger partial charge in [-0.2, -0.15) is 4.68 Å². The van der Waals surface area contributed by atoms with Gasteiger partial charge >= 0.3 is 11.7 Å². The van der Waals surface area contributed by atoms with Gasteiger partial charge in [-0.1, -0.05) is 23.7 Å². The third-order valence-electron chi connectivity index (χ3n) is 5.69. The Balaban J connectivity index is 1.43. The molecule has 4 heterocycles. The maximum atomic E-state index is 12.7. The van der Waals surface area contributed by atoms with Crippen LogP contribution in [0, 0.1) is 0 Å². The first-order chi connectivity index (χ1) is 18.2. The monoisotopic (exact) mass is 538 g/mol. The number of nitrogens with one attached hydrogen (secondary N) is 2. The van der Waals surface area contributed by atoms with E-state index in [0.29, 0.717) is 17.4 Å². The van der Waals surface area contributed by atoms with Crippen LogP contribution in [0.2, 0.25) is 5.02 Å². The van der Waals surface area contributed by atoms with Crippen molar-refractivity contribution in [2.75, 3.05) is 0 Å². The van der Waals surface area contributed by atoms with Gasteiger partial charge in [-0.3, -0.25) is 24.2 Å². The van der Waals surface area contributed by atoms with E-state index >= 15 is 0 Å². The van der Waals surface area contributed by atoms with E-state index in [4.69, 9.17) is 21.4 Å². The average Bonchev–Trinajstić information content (AvgIpc) is 3.47. The van der Waals surface area contributed by atoms with E-state index < -0.39 is 22.8 Å². The summed E-state index contributed by atoms with van der Waals surface area (Å²) in [7, 11) is 0. The number of aromatic carboxylic acids is 1. The molecule has 1 aromatic carbocycles. The molecule has 38 heavy (non-hydrogen) atoms. The Hall–Kier alpha value is -4.98. The summed E-state index contributed by atoms with van der Waals surface area (Å²) in [5, 5.41) is 19.8. The summed E-state index contributed by atoms with van der Waals surface area (Å²) in [6.45, 7) is 2.27. The number of fused-ring (bicyclic) bond motifs is 1. The van der Waals surface area contributed by atoms with Crippen LogP contribution in [0.25, 0.3) is 17.0 Å². The van der Waals surface area contributed by atoms with E-state index in [-0.39, 0.29) is 41.7 Å². The molecule has 0 saturated heterocycles. The van der Waals surface area contributed by atoms with Crippen molar-refractivity contribution in [3.63, 3.8) is 0 Å². The van der Waals surface area contributed by atoms with Gasteiger partial charge in [0.2, 0.25) is 5.88 Å². The number of aromatic amines is 2. The molecule has 14 nitrogen and oxygen atoms in total. The predicted molar refractivity (Wildman–Crippen MR) is 134 cm³/mol. The maximum absolute atomic E-state index is 12.7. The van der Waals surface area contributed by atoms with Crippen molar-refractivity contribution < 1.29 is 14.6 Å². The number of H-pyrrole nitrogens is 2. The van der Waals surface area contributed by atoms with Gasteiger partial charge in [-0.05, 0) is 30.7 Å². The molecule has 0 amide bonds. The SMILES string of the molecule is CCn1c(COc2ccc(-n3[nH]c(C(=O)O)cc3=O)nn2)nc2c1c(=O)[nH]c(=O)n2Cc1ccc(Cl)cc1. The van der Waals surface area contributed by atoms with E-state index in [0.717, 1.165) is 16.3 Å². The highest BCUT2D eigenvalue weighted by Crippen LogP contribution is 2.16. The quantitative estimate of drug-likeness (QED) is 0.261. The van der Waals surface area contributed by atoms with Crippen molar-refractivity contribution in [2.24, 2.45) is 0 Å². The minimum atomic E-state index is -1.29. The van der Waals surface area contributed by atoms with Crippen LogP contribution >= 0.6 is 11.6 Å². The zero-order valence-corrected chi connectivity index (χ0v) is 20.5. The van der Waals surface area contributed by atoms with Crippen LogP contribution in [-0.2, 0) is 19.7 Å². The molecule has 15 heteroatoms. The molecule has 0 aliphatic rings. The molecule has 5 aromatic rings. The van der Waals surface area contributed by atoms with Crippen LogP contribution < -0.4 is 21.5 Å². The Morgan fingerprint density at radius 1 is 1.08 bits per heavy atom. The Kier molecular flexibility index (Phi) is 6.38. The molecule has 5 rings (SSSR count). The summed E-state index contributed by atoms with van der Waals surface area (Å²) < 4.78 is 9.64. The highest BCUT2D eigenvalue weighted by Gasteiger charge is 2.19. The highest BCUT2D eigenvalue weighted by atomic mass is 35.5. The number of nitrogens with zero attached hydrogens (tertiary/aromatic N) is 6. The fraction of sp³-hybridized carbons (Fsp3) is 0.174. The topological polar surface area (TPSA) is 183 Å². The number of benzene rings is 1. The van der Waals surface area contributed by atoms with Gasteiger partial charge in [-0.15, -0.1) is 10.2 Å². The lowest BCUT2D eigenvalue weighted by molar-refractivity contribution is 0.0690. The van der Waals surface area contributed by atoms with Gasteiger partial charge < -0.3 is 14.4 Å². The number of aryl methyl sites for hydroxylation is 1. The Morgan fingerprint density at radius 3 is 2.47 bits per heavy atom. The molecule has 0 radical (unpaired) electrons. The molecule has 0 bridgehead atoms. The highest BCUT2D eigenvalue weighted by molar-refractivity contribution is 6.30. The van der Waals surface area contributed by atoms with Gasteiger partial charge in [0.1, 0.15) is 18.1 Å². The second-order valence-electron chi connectivity index (χ2n) is 8.08. The third kappa shape index (κ3) is 4.59. The number of carboxylic acid groups (broad SMARTS) is 1. The number of hydrogen-bond donors (Lipinski definition) is 3. The van der Waals surface area contributed by atoms with Crippen molar-refractivity contribution in [3.8, 4) is 11.7 Å². The van der Waals surface area contributed by atoms with Gasteiger partial charge in [0.05, 0.1) is 6.54 Å². The van der Waals surface area contributed by atoms with E-state index in [1.165, 1.54) is 16.7 Å². The summed E-state index contributed by atoms with van der Waals surface area (Å²) in [5.74, 6) is -0.756. The maximum Gasteiger partial charge on any atom is 0.353 e. The summed E-state index contributed by atoms with van der Waals surface area (Å²) in [4.78, 5) is 55.3. The first-order valence-electron chi connectivity index (χ1n) is 11.2. The number of halogens is 1. The normalized spacial score (nSPS) is 11.2. The van der Waals surface area contributed by atoms with Gasteiger partial charge in [0, 0.05) is 23.7 Å². The van der Waals surface area contributed by atoms with E-state index in [9.17, 15) is 19.2 Å². The largest absolute Gasteiger partial charge is 0.477 e. The van der Waals surface area contributed by atoms with Gasteiger partial charge in [0.25, 0.3) is 11.1 Å². The molecule has 0 atom stereocenters. The number of aromatic nitrogens is 8. The Bertz CT molecular complexity index is 1830. The number of ether oxygens (including phenoxy) is 1. The van der Waals surface area contributed by atoms with E-state index in [1.807, 2.05) is 6.92 Å². The number of imidazole rings is 1. The van der Waals surface area contributed by atoms with Crippen LogP contribution in [0.5, 0.6) is 5.88 Å². The number of hydrogen-bond acceptors (Lipinski definition) is 8. The molecule has 3 N–H and O–H groups in total. The molecular weight excluding hydrogens is 520 g/mol. The molecule has 0 aliphatic heterocycles. The predicted octanol–water partition coefficient (Wildman–Crippen LogP) is 1.15. The van der Waals surface area contributed by atoms with Crippen LogP contribution in [-0.4, -0.2) is 50.2 Å². The minimum absolute atomic E-state index is 0.0633. The molecule has 0 spiro atoms. The number of carboxylic acids is 1. The van der Waals surface area contributed by atoms with Crippen molar-refractivity contribution in [2.45, 2.75) is 26.6 Å². The van der Waals surface area contributed by atoms with Crippen LogP contribution in [0.3, 0.4) is 0 Å². The Labute approximate surface area is 216 Å². The van der Waals surface area contributed by atoms with Crippen molar-refractivity contribution in [1.29, 1.82) is 0 Å². The average molecular weight is 539 g/mol. The first kappa shape index (κ1) is 24.7. The lowest BCUT2D eigenvalue weighted by Crippen LogP contribution is -2.31. The molecule has 0 fully saturated rings. The molecule has 0 unspecified atom stereocenters.